The third-order valence-corrected chi connectivity index (χ3v) is 10.7. The van der Waals surface area contributed by atoms with E-state index >= 15 is 0 Å². The molecule has 1 heteroatoms. The zero-order chi connectivity index (χ0) is 41.5. The zero-order valence-corrected chi connectivity index (χ0v) is 31.2. The second-order valence-corrected chi connectivity index (χ2v) is 14.2. The molecule has 0 aliphatic carbocycles. The molecule has 10 aromatic carbocycles. The van der Waals surface area contributed by atoms with Gasteiger partial charge in [0.2, 0.25) is 0 Å². The summed E-state index contributed by atoms with van der Waals surface area (Å²) in [6.45, 7) is 0. The lowest BCUT2D eigenvalue weighted by molar-refractivity contribution is 1.28. The van der Waals surface area contributed by atoms with Gasteiger partial charge in [-0.25, -0.2) is 0 Å². The van der Waals surface area contributed by atoms with Crippen molar-refractivity contribution in [2.75, 3.05) is 4.90 Å². The standard InChI is InChI=1S/C56H39N/c1-2-12-40(13-3-1)46-18-8-19-47(38-46)41-26-32-50(33-27-41)57(52-36-30-45(31-37-52)55-24-10-16-43-14-4-6-22-53(43)55)51-34-28-42(29-35-51)48-20-9-21-49(39-48)56-25-11-17-44-15-5-7-23-54(44)56/h1-39H/i26D,27D,32D,33D. The first-order chi connectivity index (χ1) is 29.9. The molecule has 268 valence electrons. The Labute approximate surface area is 340 Å². The van der Waals surface area contributed by atoms with Crippen LogP contribution in [0.15, 0.2) is 236 Å². The molecule has 0 atom stereocenters. The summed E-state index contributed by atoms with van der Waals surface area (Å²) in [5.41, 5.74) is 11.0. The van der Waals surface area contributed by atoms with Crippen molar-refractivity contribution >= 4 is 38.6 Å². The van der Waals surface area contributed by atoms with Crippen LogP contribution >= 0.6 is 0 Å². The van der Waals surface area contributed by atoms with E-state index in [9.17, 15) is 5.48 Å². The molecular weight excluding hydrogens is 687 g/mol. The Morgan fingerprint density at radius 2 is 0.667 bits per heavy atom. The molecule has 0 radical (unpaired) electrons. The highest BCUT2D eigenvalue weighted by Gasteiger charge is 2.15. The summed E-state index contributed by atoms with van der Waals surface area (Å²) in [5.74, 6) is 0. The van der Waals surface area contributed by atoms with Gasteiger partial charge >= 0.3 is 0 Å². The van der Waals surface area contributed by atoms with Crippen LogP contribution in [0, 0.1) is 0 Å². The lowest BCUT2D eigenvalue weighted by Crippen LogP contribution is -2.09. The molecule has 10 aromatic rings. The highest BCUT2D eigenvalue weighted by atomic mass is 15.1. The highest BCUT2D eigenvalue weighted by Crippen LogP contribution is 2.39. The summed E-state index contributed by atoms with van der Waals surface area (Å²) in [6.07, 6.45) is 0. The molecule has 10 rings (SSSR count). The summed E-state index contributed by atoms with van der Waals surface area (Å²) in [5, 5.41) is 4.71. The zero-order valence-electron chi connectivity index (χ0n) is 35.2. The van der Waals surface area contributed by atoms with E-state index in [0.29, 0.717) is 16.9 Å². The summed E-state index contributed by atoms with van der Waals surface area (Å²) in [7, 11) is 0. The molecule has 0 saturated carbocycles. The third kappa shape index (κ3) is 6.77. The van der Waals surface area contributed by atoms with Gasteiger partial charge in [0.1, 0.15) is 0 Å². The molecule has 0 saturated heterocycles. The van der Waals surface area contributed by atoms with Crippen LogP contribution < -0.4 is 4.90 Å². The average Bonchev–Trinajstić information content (AvgIpc) is 3.32. The second kappa shape index (κ2) is 15.0. The second-order valence-electron chi connectivity index (χ2n) is 14.2. The summed E-state index contributed by atoms with van der Waals surface area (Å²) < 4.78 is 37.9. The highest BCUT2D eigenvalue weighted by molar-refractivity contribution is 5.98. The first-order valence-corrected chi connectivity index (χ1v) is 19.3. The predicted octanol–water partition coefficient (Wildman–Crippen LogP) is 15.8. The minimum atomic E-state index is -0.119. The molecule has 0 spiro atoms. The van der Waals surface area contributed by atoms with Crippen molar-refractivity contribution in [1.29, 1.82) is 0 Å². The molecule has 1 nitrogen and oxygen atoms in total. The van der Waals surface area contributed by atoms with Crippen LogP contribution in [0.1, 0.15) is 5.48 Å². The van der Waals surface area contributed by atoms with Crippen molar-refractivity contribution in [1.82, 2.24) is 0 Å². The fraction of sp³-hybridized carbons (Fsp3) is 0. The van der Waals surface area contributed by atoms with Crippen LogP contribution in [0.4, 0.5) is 17.1 Å². The van der Waals surface area contributed by atoms with Gasteiger partial charge in [0.05, 0.1) is 5.48 Å². The van der Waals surface area contributed by atoms with E-state index in [1.54, 1.807) is 0 Å². The van der Waals surface area contributed by atoms with Gasteiger partial charge < -0.3 is 4.90 Å². The van der Waals surface area contributed by atoms with Gasteiger partial charge in [0.15, 0.2) is 0 Å². The molecule has 0 aromatic heterocycles. The van der Waals surface area contributed by atoms with Gasteiger partial charge in [-0.15, -0.1) is 0 Å². The maximum atomic E-state index is 9.54. The van der Waals surface area contributed by atoms with Crippen molar-refractivity contribution in [2.24, 2.45) is 0 Å². The fourth-order valence-electron chi connectivity index (χ4n) is 7.87. The average molecular weight is 730 g/mol. The number of fused-ring (bicyclic) bond motifs is 2. The van der Waals surface area contributed by atoms with Gasteiger partial charge in [-0.3, -0.25) is 0 Å². The summed E-state index contributed by atoms with van der Waals surface area (Å²) >= 11 is 0. The Bertz CT molecular complexity index is 3190. The first-order valence-electron chi connectivity index (χ1n) is 21.3. The number of anilines is 3. The molecule has 57 heavy (non-hydrogen) atoms. The normalized spacial score (nSPS) is 12.1. The largest absolute Gasteiger partial charge is 0.311 e. The molecule has 0 aliphatic rings. The maximum absolute atomic E-state index is 9.54. The van der Waals surface area contributed by atoms with Gasteiger partial charge in [0.25, 0.3) is 0 Å². The molecule has 0 heterocycles. The van der Waals surface area contributed by atoms with Gasteiger partial charge in [0, 0.05) is 17.1 Å². The van der Waals surface area contributed by atoms with E-state index in [-0.39, 0.29) is 35.4 Å². The predicted molar refractivity (Wildman–Crippen MR) is 243 cm³/mol. The lowest BCUT2D eigenvalue weighted by Gasteiger charge is -2.26. The quantitative estimate of drug-likeness (QED) is 0.151. The minimum absolute atomic E-state index is 0.0968. The Morgan fingerprint density at radius 1 is 0.263 bits per heavy atom. The first kappa shape index (κ1) is 29.8. The van der Waals surface area contributed by atoms with Crippen LogP contribution in [0.5, 0.6) is 0 Å². The van der Waals surface area contributed by atoms with E-state index in [2.05, 4.69) is 127 Å². The number of hydrogen-bond donors (Lipinski definition) is 0. The van der Waals surface area contributed by atoms with Crippen LogP contribution in [-0.4, -0.2) is 0 Å². The van der Waals surface area contributed by atoms with Gasteiger partial charge in [-0.05, 0) is 126 Å². The van der Waals surface area contributed by atoms with Crippen LogP contribution in [0.3, 0.4) is 0 Å². The molecule has 0 N–H and O–H groups in total. The monoisotopic (exact) mass is 729 g/mol. The number of hydrogen-bond acceptors (Lipinski definition) is 1. The fourth-order valence-corrected chi connectivity index (χ4v) is 7.87. The lowest BCUT2D eigenvalue weighted by atomic mass is 9.95. The minimum Gasteiger partial charge on any atom is -0.311 e. The van der Waals surface area contributed by atoms with Crippen LogP contribution in [-0.2, 0) is 0 Å². The molecule has 0 fully saturated rings. The van der Waals surface area contributed by atoms with E-state index in [0.717, 1.165) is 49.7 Å². The van der Waals surface area contributed by atoms with Crippen molar-refractivity contribution in [3.63, 3.8) is 0 Å². The molecule has 0 aliphatic heterocycles. The van der Waals surface area contributed by atoms with Crippen LogP contribution in [0.2, 0.25) is 0 Å². The Morgan fingerprint density at radius 3 is 1.26 bits per heavy atom. The van der Waals surface area contributed by atoms with Crippen molar-refractivity contribution in [3.8, 4) is 55.6 Å². The third-order valence-electron chi connectivity index (χ3n) is 10.7. The Hall–Kier alpha value is -7.48. The smallest absolute Gasteiger partial charge is 0.0645 e. The number of nitrogens with zero attached hydrogens (tertiary/aromatic N) is 1. The van der Waals surface area contributed by atoms with E-state index in [1.165, 1.54) is 16.3 Å². The summed E-state index contributed by atoms with van der Waals surface area (Å²) in [4.78, 5) is 1.86. The van der Waals surface area contributed by atoms with Gasteiger partial charge in [-0.2, -0.15) is 0 Å². The Kier molecular flexibility index (Phi) is 7.84. The number of benzene rings is 10. The van der Waals surface area contributed by atoms with E-state index in [1.807, 2.05) is 89.8 Å². The maximum Gasteiger partial charge on any atom is 0.0645 e. The van der Waals surface area contributed by atoms with Crippen molar-refractivity contribution in [3.05, 3.63) is 236 Å². The SMILES string of the molecule is [2H]c1c([2H])c(N(c2ccc(-c3cccc(-c4cccc5ccccc45)c3)cc2)c2ccc(-c3cccc4ccccc34)cc2)c([2H])c([2H])c1-c1cccc(-c2ccccc2)c1. The Balaban J connectivity index is 1.08. The molecule has 0 bridgehead atoms. The van der Waals surface area contributed by atoms with Gasteiger partial charge in [-0.1, -0.05) is 188 Å². The van der Waals surface area contributed by atoms with E-state index < -0.39 is 0 Å². The van der Waals surface area contributed by atoms with Crippen molar-refractivity contribution < 1.29 is 5.48 Å². The molecular formula is C56H39N. The van der Waals surface area contributed by atoms with Crippen molar-refractivity contribution in [2.45, 2.75) is 0 Å². The molecule has 0 unspecified atom stereocenters. The summed E-state index contributed by atoms with van der Waals surface area (Å²) in [6, 6.07) is 71.6. The topological polar surface area (TPSA) is 3.24 Å². The van der Waals surface area contributed by atoms with E-state index in [4.69, 9.17) is 0 Å². The molecule has 0 amide bonds. The van der Waals surface area contributed by atoms with Crippen LogP contribution in [0.25, 0.3) is 77.2 Å². The number of rotatable bonds is 8.